The van der Waals surface area contributed by atoms with Gasteiger partial charge in [-0.15, -0.1) is 0 Å². The van der Waals surface area contributed by atoms with Gasteiger partial charge in [0.1, 0.15) is 13.2 Å². The number of hydrogen-bond donors (Lipinski definition) is 0. The third kappa shape index (κ3) is 59.1. The summed E-state index contributed by atoms with van der Waals surface area (Å²) in [5.41, 5.74) is 0. The van der Waals surface area contributed by atoms with Gasteiger partial charge in [0.05, 0.1) is 0 Å². The van der Waals surface area contributed by atoms with Crippen molar-refractivity contribution >= 4 is 17.9 Å². The van der Waals surface area contributed by atoms with Crippen molar-refractivity contribution in [3.63, 3.8) is 0 Å². The average Bonchev–Trinajstić information content (AvgIpc) is 3.39. The van der Waals surface area contributed by atoms with Crippen molar-refractivity contribution < 1.29 is 28.6 Å². The van der Waals surface area contributed by atoms with E-state index in [-0.39, 0.29) is 44.0 Å². The predicted octanol–water partition coefficient (Wildman–Crippen LogP) is 20.9. The van der Waals surface area contributed by atoms with Gasteiger partial charge in [-0.1, -0.05) is 272 Å². The van der Waals surface area contributed by atoms with Crippen molar-refractivity contribution in [1.29, 1.82) is 0 Å². The maximum absolute atomic E-state index is 12.9. The molecule has 0 aliphatic carbocycles. The monoisotopic (exact) mass is 1010 g/mol. The van der Waals surface area contributed by atoms with Crippen LogP contribution in [0.1, 0.15) is 290 Å². The van der Waals surface area contributed by atoms with Crippen LogP contribution in [0.15, 0.2) is 97.2 Å². The normalized spacial score (nSPS) is 12.8. The van der Waals surface area contributed by atoms with Crippen LogP contribution in [0.25, 0.3) is 0 Å². The van der Waals surface area contributed by atoms with Crippen LogP contribution in [0.4, 0.5) is 0 Å². The zero-order chi connectivity index (χ0) is 52.9. The number of carbonyl (C=O) groups excluding carboxylic acids is 3. The highest BCUT2D eigenvalue weighted by Gasteiger charge is 2.19. The van der Waals surface area contributed by atoms with Crippen LogP contribution < -0.4 is 0 Å². The molecule has 0 aromatic carbocycles. The Balaban J connectivity index is 4.45. The first kappa shape index (κ1) is 69.3. The molecule has 0 bridgehead atoms. The Hall–Kier alpha value is -3.67. The molecule has 0 aliphatic heterocycles. The lowest BCUT2D eigenvalue weighted by molar-refractivity contribution is -0.167. The van der Waals surface area contributed by atoms with Crippen LogP contribution in [0, 0.1) is 0 Å². The van der Waals surface area contributed by atoms with Crippen LogP contribution in [-0.4, -0.2) is 37.2 Å². The Morgan fingerprint density at radius 3 is 0.918 bits per heavy atom. The van der Waals surface area contributed by atoms with E-state index >= 15 is 0 Å². The molecular weight excluding hydrogens is 901 g/mol. The number of rotatable bonds is 55. The summed E-state index contributed by atoms with van der Waals surface area (Å²) >= 11 is 0. The number of carbonyl (C=O) groups is 3. The summed E-state index contributed by atoms with van der Waals surface area (Å²) in [4.78, 5) is 38.2. The molecule has 0 heterocycles. The Kier molecular flexibility index (Phi) is 57.8. The van der Waals surface area contributed by atoms with Gasteiger partial charge in [0, 0.05) is 19.3 Å². The highest BCUT2D eigenvalue weighted by molar-refractivity contribution is 5.71. The van der Waals surface area contributed by atoms with Gasteiger partial charge in [0.25, 0.3) is 0 Å². The van der Waals surface area contributed by atoms with Gasteiger partial charge >= 0.3 is 17.9 Å². The highest BCUT2D eigenvalue weighted by Crippen LogP contribution is 2.16. The SMILES string of the molecule is CC/C=C\C/C=C\C/C=C\C/C=C\CCCCCCC(=O)O[C@H](COC(=O)CCC/C=C\C/C=C\C/C=C\C/C=C\CCCCC)COC(=O)CCCCCCCCCCCCCCCCCCCCCCC. The lowest BCUT2D eigenvalue weighted by Crippen LogP contribution is -2.30. The zero-order valence-electron chi connectivity index (χ0n) is 47.9. The Labute approximate surface area is 451 Å². The van der Waals surface area contributed by atoms with E-state index in [1.54, 1.807) is 0 Å². The number of allylic oxidation sites excluding steroid dienone is 16. The smallest absolute Gasteiger partial charge is 0.306 e. The second kappa shape index (κ2) is 60.9. The molecule has 0 fully saturated rings. The third-order valence-electron chi connectivity index (χ3n) is 13.1. The minimum Gasteiger partial charge on any atom is -0.462 e. The van der Waals surface area contributed by atoms with Gasteiger partial charge in [0.15, 0.2) is 6.10 Å². The first-order chi connectivity index (χ1) is 36.0. The summed E-state index contributed by atoms with van der Waals surface area (Å²) in [5, 5.41) is 0. The molecule has 0 aliphatic rings. The van der Waals surface area contributed by atoms with E-state index < -0.39 is 6.10 Å². The Morgan fingerprint density at radius 1 is 0.288 bits per heavy atom. The lowest BCUT2D eigenvalue weighted by atomic mass is 10.0. The molecule has 0 unspecified atom stereocenters. The van der Waals surface area contributed by atoms with Crippen molar-refractivity contribution in [2.75, 3.05) is 13.2 Å². The van der Waals surface area contributed by atoms with Crippen LogP contribution in [0.2, 0.25) is 0 Å². The molecule has 0 amide bonds. The summed E-state index contributed by atoms with van der Waals surface area (Å²) in [6.45, 7) is 6.46. The summed E-state index contributed by atoms with van der Waals surface area (Å²) in [6, 6.07) is 0. The fourth-order valence-electron chi connectivity index (χ4n) is 8.49. The first-order valence-electron chi connectivity index (χ1n) is 30.7. The molecule has 0 aromatic rings. The minimum atomic E-state index is -0.813. The van der Waals surface area contributed by atoms with Crippen LogP contribution in [-0.2, 0) is 28.6 Å². The van der Waals surface area contributed by atoms with E-state index in [1.165, 1.54) is 141 Å². The molecular formula is C67H114O6. The molecule has 1 atom stereocenters. The van der Waals surface area contributed by atoms with Crippen molar-refractivity contribution in [1.82, 2.24) is 0 Å². The molecule has 6 nitrogen and oxygen atoms in total. The third-order valence-corrected chi connectivity index (χ3v) is 13.1. The number of ether oxygens (including phenoxy) is 3. The predicted molar refractivity (Wildman–Crippen MR) is 316 cm³/mol. The molecule has 0 saturated carbocycles. The summed E-state index contributed by atoms with van der Waals surface area (Å²) in [7, 11) is 0. The van der Waals surface area contributed by atoms with Gasteiger partial charge in [0.2, 0.25) is 0 Å². The average molecular weight is 1020 g/mol. The van der Waals surface area contributed by atoms with Crippen LogP contribution >= 0.6 is 0 Å². The fraction of sp³-hybridized carbons (Fsp3) is 0.716. The van der Waals surface area contributed by atoms with E-state index in [9.17, 15) is 14.4 Å². The van der Waals surface area contributed by atoms with Gasteiger partial charge in [-0.05, 0) is 96.3 Å². The van der Waals surface area contributed by atoms with E-state index in [1.807, 2.05) is 0 Å². The Morgan fingerprint density at radius 2 is 0.548 bits per heavy atom. The summed E-state index contributed by atoms with van der Waals surface area (Å²) in [6.07, 6.45) is 81.3. The molecule has 6 heteroatoms. The maximum atomic E-state index is 12.9. The second-order valence-electron chi connectivity index (χ2n) is 20.2. The van der Waals surface area contributed by atoms with E-state index in [2.05, 4.69) is 118 Å². The zero-order valence-corrected chi connectivity index (χ0v) is 47.9. The van der Waals surface area contributed by atoms with Crippen molar-refractivity contribution in [3.8, 4) is 0 Å². The van der Waals surface area contributed by atoms with Gasteiger partial charge < -0.3 is 14.2 Å². The van der Waals surface area contributed by atoms with Crippen LogP contribution in [0.3, 0.4) is 0 Å². The minimum absolute atomic E-state index is 0.103. The number of unbranched alkanes of at least 4 members (excludes halogenated alkanes) is 28. The summed E-state index contributed by atoms with van der Waals surface area (Å²) in [5.74, 6) is -0.977. The van der Waals surface area contributed by atoms with Gasteiger partial charge in [-0.3, -0.25) is 14.4 Å². The number of esters is 3. The topological polar surface area (TPSA) is 78.9 Å². The highest BCUT2D eigenvalue weighted by atomic mass is 16.6. The standard InChI is InChI=1S/C67H114O6/c1-4-7-10-13-16-19-22-25-28-31-32-33-34-37-39-42-45-48-51-54-57-60-66(69)72-63-64(73-67(70)61-58-55-52-49-46-43-40-36-30-27-24-21-18-15-12-9-6-3)62-71-65(68)59-56-53-50-47-44-41-38-35-29-26-23-20-17-14-11-8-5-2/h9,12,17-18,20-21,26-27,29-30,38,40-41,43,47,50,64H,4-8,10-11,13-16,19,22-25,28,31-37,39,42,44-46,48-49,51-63H2,1-3H3/b12-9-,20-17-,21-18-,29-26-,30-27-,41-38-,43-40-,50-47-/t64-/m1/s1. The van der Waals surface area contributed by atoms with E-state index in [0.29, 0.717) is 12.8 Å². The van der Waals surface area contributed by atoms with Gasteiger partial charge in [-0.2, -0.15) is 0 Å². The molecule has 0 N–H and O–H groups in total. The second-order valence-corrected chi connectivity index (χ2v) is 20.2. The van der Waals surface area contributed by atoms with E-state index in [0.717, 1.165) is 103 Å². The van der Waals surface area contributed by atoms with Crippen LogP contribution in [0.5, 0.6) is 0 Å². The maximum Gasteiger partial charge on any atom is 0.306 e. The first-order valence-corrected chi connectivity index (χ1v) is 30.7. The van der Waals surface area contributed by atoms with Crippen molar-refractivity contribution in [2.24, 2.45) is 0 Å². The molecule has 0 spiro atoms. The molecule has 0 aromatic heterocycles. The quantitative estimate of drug-likeness (QED) is 0.0261. The van der Waals surface area contributed by atoms with E-state index in [4.69, 9.17) is 14.2 Å². The lowest BCUT2D eigenvalue weighted by Gasteiger charge is -2.18. The fourth-order valence-corrected chi connectivity index (χ4v) is 8.49. The molecule has 0 rings (SSSR count). The van der Waals surface area contributed by atoms with Crippen molar-refractivity contribution in [2.45, 2.75) is 297 Å². The van der Waals surface area contributed by atoms with Crippen molar-refractivity contribution in [3.05, 3.63) is 97.2 Å². The Bertz CT molecular complexity index is 1440. The number of hydrogen-bond acceptors (Lipinski definition) is 6. The largest absolute Gasteiger partial charge is 0.462 e. The molecule has 73 heavy (non-hydrogen) atoms. The molecule has 0 radical (unpaired) electrons. The van der Waals surface area contributed by atoms with Gasteiger partial charge in [-0.25, -0.2) is 0 Å². The molecule has 418 valence electrons. The molecule has 0 saturated heterocycles. The summed E-state index contributed by atoms with van der Waals surface area (Å²) < 4.78 is 16.8.